The fourth-order valence-corrected chi connectivity index (χ4v) is 2.56. The summed E-state index contributed by atoms with van der Waals surface area (Å²) in [6, 6.07) is 14.2. The molecule has 6 nitrogen and oxygen atoms in total. The number of carbonyl (C=O) groups excluding carboxylic acids is 3. The van der Waals surface area contributed by atoms with Crippen LogP contribution in [0.25, 0.3) is 0 Å². The van der Waals surface area contributed by atoms with E-state index in [0.717, 1.165) is 12.8 Å². The molecular weight excluding hydrogens is 330 g/mol. The first-order valence-electron chi connectivity index (χ1n) is 8.57. The van der Waals surface area contributed by atoms with Crippen molar-refractivity contribution in [1.29, 1.82) is 0 Å². The van der Waals surface area contributed by atoms with Crippen LogP contribution in [0.2, 0.25) is 0 Å². The predicted octanol–water partition coefficient (Wildman–Crippen LogP) is 2.83. The van der Waals surface area contributed by atoms with E-state index in [2.05, 4.69) is 16.0 Å². The third-order valence-corrected chi connectivity index (χ3v) is 4.07. The minimum absolute atomic E-state index is 0.0167. The van der Waals surface area contributed by atoms with Gasteiger partial charge in [0.2, 0.25) is 5.91 Å². The highest BCUT2D eigenvalue weighted by Crippen LogP contribution is 2.20. The summed E-state index contributed by atoms with van der Waals surface area (Å²) in [6.07, 6.45) is 2.05. The monoisotopic (exact) mass is 351 g/mol. The summed E-state index contributed by atoms with van der Waals surface area (Å²) in [6.45, 7) is 1.50. The van der Waals surface area contributed by atoms with Gasteiger partial charge in [0.25, 0.3) is 5.91 Å². The van der Waals surface area contributed by atoms with E-state index in [-0.39, 0.29) is 30.2 Å². The lowest BCUT2D eigenvalue weighted by Gasteiger charge is -2.11. The number of benzene rings is 2. The Kier molecular flexibility index (Phi) is 5.31. The zero-order valence-electron chi connectivity index (χ0n) is 14.5. The van der Waals surface area contributed by atoms with Crippen LogP contribution in [-0.4, -0.2) is 30.2 Å². The average Bonchev–Trinajstić information content (AvgIpc) is 3.44. The standard InChI is InChI=1S/C20H21N3O3/c1-13(24)17-7-2-3-8-18(17)21-12-19(25)22-16-6-4-5-14(11-16)20(26)23-15-9-10-15/h2-8,11,15,21H,9-10,12H2,1H3,(H,22,25)(H,23,26). The molecule has 3 N–H and O–H groups in total. The van der Waals surface area contributed by atoms with Crippen LogP contribution in [0, 0.1) is 0 Å². The van der Waals surface area contributed by atoms with Crippen molar-refractivity contribution in [3.8, 4) is 0 Å². The van der Waals surface area contributed by atoms with Crippen molar-refractivity contribution in [3.05, 3.63) is 59.7 Å². The number of hydrogen-bond acceptors (Lipinski definition) is 4. The van der Waals surface area contributed by atoms with Gasteiger partial charge >= 0.3 is 0 Å². The third kappa shape index (κ3) is 4.69. The number of nitrogens with one attached hydrogen (secondary N) is 3. The van der Waals surface area contributed by atoms with E-state index in [1.165, 1.54) is 6.92 Å². The van der Waals surface area contributed by atoms with Crippen LogP contribution in [0.4, 0.5) is 11.4 Å². The molecule has 0 heterocycles. The summed E-state index contributed by atoms with van der Waals surface area (Å²) in [7, 11) is 0. The van der Waals surface area contributed by atoms with E-state index in [1.807, 2.05) is 0 Å². The van der Waals surface area contributed by atoms with Crippen LogP contribution in [0.15, 0.2) is 48.5 Å². The molecule has 0 radical (unpaired) electrons. The molecule has 2 aromatic rings. The molecule has 3 rings (SSSR count). The molecular formula is C20H21N3O3. The van der Waals surface area contributed by atoms with Gasteiger partial charge < -0.3 is 16.0 Å². The highest BCUT2D eigenvalue weighted by molar-refractivity contribution is 6.01. The SMILES string of the molecule is CC(=O)c1ccccc1NCC(=O)Nc1cccc(C(=O)NC2CC2)c1. The lowest BCUT2D eigenvalue weighted by Crippen LogP contribution is -2.26. The summed E-state index contributed by atoms with van der Waals surface area (Å²) < 4.78 is 0. The second kappa shape index (κ2) is 7.82. The van der Waals surface area contributed by atoms with Gasteiger partial charge in [-0.25, -0.2) is 0 Å². The minimum atomic E-state index is -0.261. The van der Waals surface area contributed by atoms with Crippen molar-refractivity contribution in [1.82, 2.24) is 5.32 Å². The van der Waals surface area contributed by atoms with Gasteiger partial charge in [0.15, 0.2) is 5.78 Å². The number of Topliss-reactive ketones (excluding diaryl/α,β-unsaturated/α-hetero) is 1. The molecule has 134 valence electrons. The van der Waals surface area contributed by atoms with Gasteiger partial charge in [0, 0.05) is 28.5 Å². The molecule has 26 heavy (non-hydrogen) atoms. The number of ketones is 1. The quantitative estimate of drug-likeness (QED) is 0.670. The second-order valence-electron chi connectivity index (χ2n) is 6.33. The van der Waals surface area contributed by atoms with Gasteiger partial charge in [-0.15, -0.1) is 0 Å². The molecule has 1 saturated carbocycles. The molecule has 0 unspecified atom stereocenters. The van der Waals surface area contributed by atoms with E-state index in [4.69, 9.17) is 0 Å². The summed E-state index contributed by atoms with van der Waals surface area (Å²) >= 11 is 0. The summed E-state index contributed by atoms with van der Waals surface area (Å²) in [5.41, 5.74) is 2.23. The predicted molar refractivity (Wildman–Crippen MR) is 100 cm³/mol. The Morgan fingerprint density at radius 1 is 1.04 bits per heavy atom. The maximum Gasteiger partial charge on any atom is 0.251 e. The van der Waals surface area contributed by atoms with Crippen LogP contribution < -0.4 is 16.0 Å². The molecule has 2 aromatic carbocycles. The van der Waals surface area contributed by atoms with E-state index in [0.29, 0.717) is 22.5 Å². The summed E-state index contributed by atoms with van der Waals surface area (Å²) in [4.78, 5) is 35.9. The van der Waals surface area contributed by atoms with Crippen molar-refractivity contribution < 1.29 is 14.4 Å². The zero-order chi connectivity index (χ0) is 18.5. The fraction of sp³-hybridized carbons (Fsp3) is 0.250. The molecule has 0 spiro atoms. The molecule has 6 heteroatoms. The van der Waals surface area contributed by atoms with Gasteiger partial charge in [-0.05, 0) is 50.1 Å². The Bertz CT molecular complexity index is 844. The highest BCUT2D eigenvalue weighted by atomic mass is 16.2. The molecule has 0 aromatic heterocycles. The Morgan fingerprint density at radius 3 is 2.54 bits per heavy atom. The van der Waals surface area contributed by atoms with Crippen molar-refractivity contribution in [2.24, 2.45) is 0 Å². The van der Waals surface area contributed by atoms with Gasteiger partial charge in [-0.3, -0.25) is 14.4 Å². The highest BCUT2D eigenvalue weighted by Gasteiger charge is 2.23. The minimum Gasteiger partial charge on any atom is -0.376 e. The average molecular weight is 351 g/mol. The van der Waals surface area contributed by atoms with E-state index in [1.54, 1.807) is 48.5 Å². The van der Waals surface area contributed by atoms with Crippen molar-refractivity contribution >= 4 is 29.0 Å². The maximum absolute atomic E-state index is 12.2. The largest absolute Gasteiger partial charge is 0.376 e. The first-order chi connectivity index (χ1) is 12.5. The normalized spacial score (nSPS) is 13.0. The maximum atomic E-state index is 12.2. The zero-order valence-corrected chi connectivity index (χ0v) is 14.5. The topological polar surface area (TPSA) is 87.3 Å². The van der Waals surface area contributed by atoms with Crippen molar-refractivity contribution in [3.63, 3.8) is 0 Å². The lowest BCUT2D eigenvalue weighted by molar-refractivity contribution is -0.114. The van der Waals surface area contributed by atoms with Crippen LogP contribution >= 0.6 is 0 Å². The molecule has 2 amide bonds. The first-order valence-corrected chi connectivity index (χ1v) is 8.57. The second-order valence-corrected chi connectivity index (χ2v) is 6.33. The first kappa shape index (κ1) is 17.7. The van der Waals surface area contributed by atoms with Gasteiger partial charge in [0.05, 0.1) is 6.54 Å². The van der Waals surface area contributed by atoms with E-state index >= 15 is 0 Å². The molecule has 0 atom stereocenters. The lowest BCUT2D eigenvalue weighted by atomic mass is 10.1. The third-order valence-electron chi connectivity index (χ3n) is 4.07. The van der Waals surface area contributed by atoms with Gasteiger partial charge in [-0.2, -0.15) is 0 Å². The molecule has 1 fully saturated rings. The Labute approximate surface area is 152 Å². The van der Waals surface area contributed by atoms with E-state index < -0.39 is 0 Å². The fourth-order valence-electron chi connectivity index (χ4n) is 2.56. The number of hydrogen-bond donors (Lipinski definition) is 3. The summed E-state index contributed by atoms with van der Waals surface area (Å²) in [5.74, 6) is -0.455. The van der Waals surface area contributed by atoms with Crippen molar-refractivity contribution in [2.75, 3.05) is 17.2 Å². The molecule has 0 saturated heterocycles. The Morgan fingerprint density at radius 2 is 1.81 bits per heavy atom. The van der Waals surface area contributed by atoms with Crippen LogP contribution in [0.5, 0.6) is 0 Å². The van der Waals surface area contributed by atoms with Gasteiger partial charge in [0.1, 0.15) is 0 Å². The van der Waals surface area contributed by atoms with Crippen molar-refractivity contribution in [2.45, 2.75) is 25.8 Å². The molecule has 0 aliphatic heterocycles. The van der Waals surface area contributed by atoms with Crippen LogP contribution in [0.1, 0.15) is 40.5 Å². The smallest absolute Gasteiger partial charge is 0.251 e. The van der Waals surface area contributed by atoms with Crippen LogP contribution in [0.3, 0.4) is 0 Å². The van der Waals surface area contributed by atoms with Crippen LogP contribution in [-0.2, 0) is 4.79 Å². The number of para-hydroxylation sites is 1. The molecule has 0 bridgehead atoms. The number of amides is 2. The Hall–Kier alpha value is -3.15. The number of anilines is 2. The van der Waals surface area contributed by atoms with E-state index in [9.17, 15) is 14.4 Å². The molecule has 1 aliphatic rings. The number of carbonyl (C=O) groups is 3. The number of rotatable bonds is 7. The molecule has 1 aliphatic carbocycles. The Balaban J connectivity index is 1.58. The van der Waals surface area contributed by atoms with Gasteiger partial charge in [-0.1, -0.05) is 18.2 Å². The summed E-state index contributed by atoms with van der Waals surface area (Å²) in [5, 5.41) is 8.65.